The molecule has 1 heterocycles. The largest absolute Gasteiger partial charge is 0.488 e. The summed E-state index contributed by atoms with van der Waals surface area (Å²) in [4.78, 5) is 14.6. The van der Waals surface area contributed by atoms with Crippen LogP contribution in [0, 0.1) is 23.7 Å². The Morgan fingerprint density at radius 2 is 1.96 bits per heavy atom. The smallest absolute Gasteiger partial charge is 0.254 e. The number of hydrogen-bond acceptors (Lipinski definition) is 3. The van der Waals surface area contributed by atoms with Crippen molar-refractivity contribution in [3.63, 3.8) is 0 Å². The Labute approximate surface area is 158 Å². The highest BCUT2D eigenvalue weighted by molar-refractivity contribution is 6.31. The van der Waals surface area contributed by atoms with Crippen LogP contribution in [0.5, 0.6) is 5.75 Å². The molecule has 5 heteroatoms. The average Bonchev–Trinajstić information content (AvgIpc) is 2.90. The molecule has 0 saturated carbocycles. The molecule has 3 rings (SSSR count). The van der Waals surface area contributed by atoms with Crippen LogP contribution >= 0.6 is 11.6 Å². The first-order chi connectivity index (χ1) is 12.3. The Balaban J connectivity index is 1.75. The molecule has 2 aromatic carbocycles. The van der Waals surface area contributed by atoms with E-state index in [0.29, 0.717) is 35.0 Å². The Morgan fingerprint density at radius 3 is 2.58 bits per heavy atom. The number of ether oxygens (including phenoxy) is 1. The number of carbonyl (C=O) groups is 1. The van der Waals surface area contributed by atoms with E-state index in [1.165, 1.54) is 0 Å². The minimum absolute atomic E-state index is 0.0158. The van der Waals surface area contributed by atoms with Crippen molar-refractivity contribution in [3.05, 3.63) is 64.2 Å². The lowest BCUT2D eigenvalue weighted by Crippen LogP contribution is -2.32. The van der Waals surface area contributed by atoms with Crippen LogP contribution in [-0.2, 0) is 0 Å². The maximum Gasteiger partial charge on any atom is 0.254 e. The second-order valence-electron chi connectivity index (χ2n) is 7.40. The van der Waals surface area contributed by atoms with Gasteiger partial charge in [0.25, 0.3) is 5.91 Å². The molecule has 134 valence electrons. The van der Waals surface area contributed by atoms with Gasteiger partial charge in [0.2, 0.25) is 0 Å². The molecular formula is C21H21ClN2O2. The molecule has 1 fully saturated rings. The zero-order chi connectivity index (χ0) is 18.9. The van der Waals surface area contributed by atoms with E-state index < -0.39 is 0 Å². The number of benzene rings is 2. The minimum atomic E-state index is -0.194. The molecule has 0 spiro atoms. The summed E-state index contributed by atoms with van der Waals surface area (Å²) in [5.74, 6) is 0.624. The third-order valence-corrected chi connectivity index (χ3v) is 5.09. The van der Waals surface area contributed by atoms with Crippen LogP contribution in [0.15, 0.2) is 42.5 Å². The van der Waals surface area contributed by atoms with Gasteiger partial charge in [-0.05, 0) is 31.2 Å². The highest BCUT2D eigenvalue weighted by atomic mass is 35.5. The summed E-state index contributed by atoms with van der Waals surface area (Å²) in [6, 6.07) is 14.7. The fourth-order valence-electron chi connectivity index (χ4n) is 3.16. The average molecular weight is 369 g/mol. The van der Waals surface area contributed by atoms with Crippen LogP contribution in [-0.4, -0.2) is 30.0 Å². The molecule has 0 aliphatic carbocycles. The molecule has 1 amide bonds. The van der Waals surface area contributed by atoms with E-state index in [1.54, 1.807) is 18.2 Å². The summed E-state index contributed by atoms with van der Waals surface area (Å²) in [7, 11) is 0. The zero-order valence-corrected chi connectivity index (χ0v) is 15.9. The number of carbonyl (C=O) groups excluding carboxylic acids is 1. The number of aryl methyl sites for hydroxylation is 1. The fraction of sp³-hybridized carbons (Fsp3) is 0.333. The van der Waals surface area contributed by atoms with E-state index in [0.717, 1.165) is 5.56 Å². The van der Waals surface area contributed by atoms with Crippen molar-refractivity contribution in [2.75, 3.05) is 13.1 Å². The second-order valence-corrected chi connectivity index (χ2v) is 7.81. The number of amides is 1. The normalized spacial score (nSPS) is 18.4. The van der Waals surface area contributed by atoms with Gasteiger partial charge in [0.1, 0.15) is 17.9 Å². The molecule has 0 aromatic heterocycles. The first-order valence-corrected chi connectivity index (χ1v) is 8.90. The molecule has 2 aromatic rings. The van der Waals surface area contributed by atoms with Gasteiger partial charge in [-0.15, -0.1) is 0 Å². The second kappa shape index (κ2) is 7.01. The monoisotopic (exact) mass is 368 g/mol. The summed E-state index contributed by atoms with van der Waals surface area (Å²) in [5, 5.41) is 9.35. The van der Waals surface area contributed by atoms with Gasteiger partial charge < -0.3 is 9.64 Å². The van der Waals surface area contributed by atoms with Crippen molar-refractivity contribution in [2.45, 2.75) is 26.9 Å². The number of halogens is 1. The predicted molar refractivity (Wildman–Crippen MR) is 101 cm³/mol. The van der Waals surface area contributed by atoms with Gasteiger partial charge in [0, 0.05) is 23.6 Å². The molecule has 0 N–H and O–H groups in total. The third-order valence-electron chi connectivity index (χ3n) is 4.78. The summed E-state index contributed by atoms with van der Waals surface area (Å²) in [6.45, 7) is 7.31. The van der Waals surface area contributed by atoms with Gasteiger partial charge in [-0.25, -0.2) is 0 Å². The number of hydrogen-bond donors (Lipinski definition) is 0. The van der Waals surface area contributed by atoms with Crippen molar-refractivity contribution >= 4 is 17.5 Å². The highest BCUT2D eigenvalue weighted by Gasteiger charge is 2.43. The number of rotatable bonds is 3. The molecule has 0 radical (unpaired) electrons. The van der Waals surface area contributed by atoms with E-state index in [4.69, 9.17) is 21.6 Å². The van der Waals surface area contributed by atoms with Gasteiger partial charge in [0.05, 0.1) is 17.1 Å². The van der Waals surface area contributed by atoms with Crippen LogP contribution in [0.3, 0.4) is 0 Å². The van der Waals surface area contributed by atoms with E-state index in [1.807, 2.05) is 42.2 Å². The van der Waals surface area contributed by atoms with E-state index in [9.17, 15) is 4.79 Å². The van der Waals surface area contributed by atoms with Crippen LogP contribution in [0.4, 0.5) is 0 Å². The van der Waals surface area contributed by atoms with Gasteiger partial charge in [-0.2, -0.15) is 5.26 Å². The number of nitrogens with zero attached hydrogens (tertiary/aromatic N) is 2. The van der Waals surface area contributed by atoms with E-state index >= 15 is 0 Å². The van der Waals surface area contributed by atoms with Gasteiger partial charge in [-0.3, -0.25) is 4.79 Å². The Hall–Kier alpha value is -2.51. The van der Waals surface area contributed by atoms with Crippen molar-refractivity contribution in [1.29, 1.82) is 5.26 Å². The minimum Gasteiger partial charge on any atom is -0.488 e. The Bertz CT molecular complexity index is 869. The molecular weight excluding hydrogens is 348 g/mol. The molecule has 1 aliphatic heterocycles. The Morgan fingerprint density at radius 1 is 1.27 bits per heavy atom. The molecule has 1 saturated heterocycles. The van der Waals surface area contributed by atoms with E-state index in [-0.39, 0.29) is 17.4 Å². The molecule has 0 bridgehead atoms. The fourth-order valence-corrected chi connectivity index (χ4v) is 3.37. The van der Waals surface area contributed by atoms with Crippen LogP contribution < -0.4 is 4.74 Å². The topological polar surface area (TPSA) is 53.3 Å². The van der Waals surface area contributed by atoms with Crippen molar-refractivity contribution < 1.29 is 9.53 Å². The van der Waals surface area contributed by atoms with Crippen molar-refractivity contribution in [3.8, 4) is 11.8 Å². The number of likely N-dealkylation sites (tertiary alicyclic amines) is 1. The predicted octanol–water partition coefficient (Wildman–Crippen LogP) is 4.45. The summed E-state index contributed by atoms with van der Waals surface area (Å²) < 4.78 is 6.12. The van der Waals surface area contributed by atoms with Gasteiger partial charge in [0.15, 0.2) is 0 Å². The highest BCUT2D eigenvalue weighted by Crippen LogP contribution is 2.34. The van der Waals surface area contributed by atoms with Gasteiger partial charge in [-0.1, -0.05) is 43.1 Å². The lowest BCUT2D eigenvalue weighted by Gasteiger charge is -2.26. The van der Waals surface area contributed by atoms with Crippen LogP contribution in [0.25, 0.3) is 0 Å². The maximum absolute atomic E-state index is 12.8. The van der Waals surface area contributed by atoms with Crippen molar-refractivity contribution in [1.82, 2.24) is 4.90 Å². The van der Waals surface area contributed by atoms with E-state index in [2.05, 4.69) is 13.8 Å². The molecule has 4 nitrogen and oxygen atoms in total. The summed E-state index contributed by atoms with van der Waals surface area (Å²) in [5.41, 5.74) is 2.04. The van der Waals surface area contributed by atoms with Crippen molar-refractivity contribution in [2.24, 2.45) is 5.41 Å². The molecule has 1 atom stereocenters. The lowest BCUT2D eigenvalue weighted by molar-refractivity contribution is 0.0772. The number of nitriles is 1. The molecule has 0 unspecified atom stereocenters. The van der Waals surface area contributed by atoms with Crippen LogP contribution in [0.1, 0.15) is 35.3 Å². The summed E-state index contributed by atoms with van der Waals surface area (Å²) >= 11 is 6.09. The standard InChI is InChI=1S/C21H21ClN2O2/c1-14-4-6-15(7-5-14)20(25)24-12-19(21(2,3)13-24)26-17-9-8-16(11-23)18(22)10-17/h4-10,19H,12-13H2,1-3H3/t19-/m0/s1. The summed E-state index contributed by atoms with van der Waals surface area (Å²) in [6.07, 6.45) is -0.152. The van der Waals surface area contributed by atoms with Crippen LogP contribution in [0.2, 0.25) is 5.02 Å². The van der Waals surface area contributed by atoms with Gasteiger partial charge >= 0.3 is 0 Å². The SMILES string of the molecule is Cc1ccc(C(=O)N2C[C@H](Oc3ccc(C#N)c(Cl)c3)C(C)(C)C2)cc1. The maximum atomic E-state index is 12.8. The molecule has 26 heavy (non-hydrogen) atoms. The molecule has 1 aliphatic rings. The zero-order valence-electron chi connectivity index (χ0n) is 15.1. The Kier molecular flexibility index (Phi) is 4.93. The quantitative estimate of drug-likeness (QED) is 0.804. The third kappa shape index (κ3) is 3.68. The first-order valence-electron chi connectivity index (χ1n) is 8.52. The lowest BCUT2D eigenvalue weighted by atomic mass is 9.90. The first kappa shape index (κ1) is 18.3.